The summed E-state index contributed by atoms with van der Waals surface area (Å²) in [6, 6.07) is 2.44. The molecule has 94 valence electrons. The summed E-state index contributed by atoms with van der Waals surface area (Å²) in [7, 11) is 0. The summed E-state index contributed by atoms with van der Waals surface area (Å²) in [5.74, 6) is -1.54. The van der Waals surface area contributed by atoms with Crippen molar-refractivity contribution in [3.8, 4) is 0 Å². The number of alkyl halides is 1. The molecule has 0 heterocycles. The van der Waals surface area contributed by atoms with E-state index in [-0.39, 0.29) is 10.7 Å². The summed E-state index contributed by atoms with van der Waals surface area (Å²) < 4.78 is 13.1. The van der Waals surface area contributed by atoms with E-state index < -0.39 is 17.0 Å². The zero-order valence-electron chi connectivity index (χ0n) is 8.62. The second kappa shape index (κ2) is 6.47. The van der Waals surface area contributed by atoms with Gasteiger partial charge in [-0.25, -0.2) is 4.39 Å². The molecule has 0 aliphatic rings. The van der Waals surface area contributed by atoms with E-state index in [4.69, 9.17) is 22.4 Å². The summed E-state index contributed by atoms with van der Waals surface area (Å²) in [5.41, 5.74) is 5.37. The molecule has 0 saturated heterocycles. The van der Waals surface area contributed by atoms with E-state index in [9.17, 15) is 9.18 Å². The maximum absolute atomic E-state index is 13.1. The molecule has 1 rings (SSSR count). The molecule has 7 heteroatoms. The zero-order valence-corrected chi connectivity index (χ0v) is 11.8. The van der Waals surface area contributed by atoms with Gasteiger partial charge in [0.2, 0.25) is 0 Å². The Bertz CT molecular complexity index is 433. The van der Waals surface area contributed by atoms with Crippen LogP contribution in [0.5, 0.6) is 0 Å². The van der Waals surface area contributed by atoms with Crippen molar-refractivity contribution in [3.63, 3.8) is 0 Å². The molecule has 0 bridgehead atoms. The minimum Gasteiger partial charge on any atom is -0.480 e. The van der Waals surface area contributed by atoms with Gasteiger partial charge >= 0.3 is 5.97 Å². The van der Waals surface area contributed by atoms with E-state index in [2.05, 4.69) is 15.9 Å². The number of rotatable bonds is 5. The number of thioether (sulfide) groups is 1. The number of hydrogen-bond acceptors (Lipinski definition) is 3. The van der Waals surface area contributed by atoms with Crippen molar-refractivity contribution in [2.45, 2.75) is 16.6 Å². The van der Waals surface area contributed by atoms with Gasteiger partial charge in [0.05, 0.1) is 10.7 Å². The van der Waals surface area contributed by atoms with Gasteiger partial charge in [-0.15, -0.1) is 11.8 Å². The zero-order chi connectivity index (χ0) is 13.0. The topological polar surface area (TPSA) is 63.3 Å². The molecule has 1 aromatic carbocycles. The number of nitrogen functional groups attached to an aromatic ring is 1. The summed E-state index contributed by atoms with van der Waals surface area (Å²) in [6.07, 6.45) is 0.438. The monoisotopic (exact) mass is 341 g/mol. The van der Waals surface area contributed by atoms with Crippen LogP contribution in [0.15, 0.2) is 17.0 Å². The number of carboxylic acid groups (broad SMARTS) is 1. The molecule has 17 heavy (non-hydrogen) atoms. The molecule has 0 fully saturated rings. The highest BCUT2D eigenvalue weighted by molar-refractivity contribution is 9.09. The maximum Gasteiger partial charge on any atom is 0.317 e. The molecule has 0 aliphatic carbocycles. The number of anilines is 1. The molecular formula is C10H10BrClFNO2S. The van der Waals surface area contributed by atoms with Crippen molar-refractivity contribution in [3.05, 3.63) is 23.0 Å². The summed E-state index contributed by atoms with van der Waals surface area (Å²) in [5, 5.41) is 9.08. The fraction of sp³-hybridized carbons (Fsp3) is 0.300. The van der Waals surface area contributed by atoms with Gasteiger partial charge < -0.3 is 10.8 Å². The fourth-order valence-corrected chi connectivity index (χ4v) is 3.17. The minimum absolute atomic E-state index is 0.0418. The van der Waals surface area contributed by atoms with Crippen molar-refractivity contribution < 1.29 is 14.3 Å². The molecule has 0 aromatic heterocycles. The highest BCUT2D eigenvalue weighted by Crippen LogP contribution is 2.34. The van der Waals surface area contributed by atoms with Crippen LogP contribution in [0, 0.1) is 5.82 Å². The Kier molecular flexibility index (Phi) is 5.55. The van der Waals surface area contributed by atoms with Crippen LogP contribution in [-0.4, -0.2) is 21.7 Å². The molecule has 0 aliphatic heterocycles. The lowest BCUT2D eigenvalue weighted by molar-refractivity contribution is -0.136. The normalized spacial score (nSPS) is 12.4. The molecule has 1 aromatic rings. The summed E-state index contributed by atoms with van der Waals surface area (Å²) >= 11 is 10.1. The van der Waals surface area contributed by atoms with Gasteiger partial charge in [-0.2, -0.15) is 0 Å². The third kappa shape index (κ3) is 4.04. The second-order valence-corrected chi connectivity index (χ2v) is 5.67. The Hall–Kier alpha value is -0.460. The van der Waals surface area contributed by atoms with Crippen LogP contribution in [0.4, 0.5) is 10.1 Å². The average molecular weight is 343 g/mol. The minimum atomic E-state index is -0.937. The van der Waals surface area contributed by atoms with Gasteiger partial charge in [-0.1, -0.05) is 27.5 Å². The van der Waals surface area contributed by atoms with Crippen LogP contribution in [0.1, 0.15) is 6.42 Å². The first kappa shape index (κ1) is 14.6. The Labute approximate surface area is 116 Å². The smallest absolute Gasteiger partial charge is 0.317 e. The first-order chi connectivity index (χ1) is 7.95. The van der Waals surface area contributed by atoms with E-state index in [1.54, 1.807) is 0 Å². The Morgan fingerprint density at radius 1 is 1.65 bits per heavy atom. The first-order valence-corrected chi connectivity index (χ1v) is 7.03. The van der Waals surface area contributed by atoms with E-state index in [1.165, 1.54) is 6.07 Å². The van der Waals surface area contributed by atoms with Crippen molar-refractivity contribution in [1.29, 1.82) is 0 Å². The molecule has 1 unspecified atom stereocenters. The van der Waals surface area contributed by atoms with Gasteiger partial charge in [-0.3, -0.25) is 4.79 Å². The van der Waals surface area contributed by atoms with Gasteiger partial charge in [-0.05, 0) is 18.6 Å². The SMILES string of the molecule is Nc1cc(SC(CCBr)C(=O)O)c(Cl)cc1F. The van der Waals surface area contributed by atoms with E-state index in [0.29, 0.717) is 16.6 Å². The molecule has 0 spiro atoms. The summed E-state index contributed by atoms with van der Waals surface area (Å²) in [4.78, 5) is 11.4. The quantitative estimate of drug-likeness (QED) is 0.489. The third-order valence-corrected chi connectivity index (χ3v) is 4.16. The first-order valence-electron chi connectivity index (χ1n) is 4.65. The number of halogens is 3. The van der Waals surface area contributed by atoms with Crippen LogP contribution >= 0.6 is 39.3 Å². The number of nitrogens with two attached hydrogens (primary N) is 1. The Balaban J connectivity index is 2.93. The predicted octanol–water partition coefficient (Wildman–Crippen LogP) is 3.39. The molecule has 3 nitrogen and oxygen atoms in total. The van der Waals surface area contributed by atoms with Crippen LogP contribution in [0.3, 0.4) is 0 Å². The molecule has 0 amide bonds. The van der Waals surface area contributed by atoms with Crippen molar-refractivity contribution in [2.75, 3.05) is 11.1 Å². The Morgan fingerprint density at radius 3 is 2.82 bits per heavy atom. The third-order valence-electron chi connectivity index (χ3n) is 1.97. The van der Waals surface area contributed by atoms with Crippen LogP contribution < -0.4 is 5.73 Å². The summed E-state index contributed by atoms with van der Waals surface area (Å²) in [6.45, 7) is 0. The number of carboxylic acids is 1. The lowest BCUT2D eigenvalue weighted by Gasteiger charge is -2.12. The number of aliphatic carboxylic acids is 1. The van der Waals surface area contributed by atoms with Gasteiger partial charge in [0, 0.05) is 10.2 Å². The largest absolute Gasteiger partial charge is 0.480 e. The van der Waals surface area contributed by atoms with Crippen LogP contribution in [-0.2, 0) is 4.79 Å². The van der Waals surface area contributed by atoms with E-state index >= 15 is 0 Å². The standard InChI is InChI=1S/C10H10BrClFNO2S/c11-2-1-8(10(15)16)17-9-4-7(14)6(13)3-5(9)12/h3-4,8H,1-2,14H2,(H,15,16). The van der Waals surface area contributed by atoms with Gasteiger partial charge in [0.25, 0.3) is 0 Å². The molecular weight excluding hydrogens is 333 g/mol. The highest BCUT2D eigenvalue weighted by Gasteiger charge is 2.20. The van der Waals surface area contributed by atoms with Crippen LogP contribution in [0.25, 0.3) is 0 Å². The molecule has 3 N–H and O–H groups in total. The molecule has 1 atom stereocenters. The second-order valence-electron chi connectivity index (χ2n) is 3.23. The lowest BCUT2D eigenvalue weighted by atomic mass is 10.3. The Morgan fingerprint density at radius 2 is 2.29 bits per heavy atom. The van der Waals surface area contributed by atoms with Crippen molar-refractivity contribution in [1.82, 2.24) is 0 Å². The lowest BCUT2D eigenvalue weighted by Crippen LogP contribution is -2.16. The van der Waals surface area contributed by atoms with E-state index in [0.717, 1.165) is 17.8 Å². The van der Waals surface area contributed by atoms with Crippen molar-refractivity contribution in [2.24, 2.45) is 0 Å². The number of hydrogen-bond donors (Lipinski definition) is 2. The maximum atomic E-state index is 13.1. The van der Waals surface area contributed by atoms with Gasteiger partial charge in [0.1, 0.15) is 11.1 Å². The van der Waals surface area contributed by atoms with E-state index in [1.807, 2.05) is 0 Å². The van der Waals surface area contributed by atoms with Gasteiger partial charge in [0.15, 0.2) is 0 Å². The number of carbonyl (C=O) groups is 1. The van der Waals surface area contributed by atoms with Crippen molar-refractivity contribution >= 4 is 50.9 Å². The average Bonchev–Trinajstić information content (AvgIpc) is 2.24. The van der Waals surface area contributed by atoms with Crippen LogP contribution in [0.2, 0.25) is 5.02 Å². The highest BCUT2D eigenvalue weighted by atomic mass is 79.9. The molecule has 0 saturated carbocycles. The number of benzene rings is 1. The predicted molar refractivity (Wildman–Crippen MR) is 71.5 cm³/mol. The fourth-order valence-electron chi connectivity index (χ4n) is 1.12. The molecule has 0 radical (unpaired) electrons.